The monoisotopic (exact) mass is 486 g/mol. The minimum absolute atomic E-state index is 0.0311. The van der Waals surface area contributed by atoms with E-state index in [9.17, 15) is 19.5 Å². The minimum atomic E-state index is -0.865. The predicted molar refractivity (Wildman–Crippen MR) is 136 cm³/mol. The van der Waals surface area contributed by atoms with E-state index in [0.717, 1.165) is 32.1 Å². The van der Waals surface area contributed by atoms with Crippen molar-refractivity contribution in [3.05, 3.63) is 11.6 Å². The van der Waals surface area contributed by atoms with Crippen molar-refractivity contribution in [1.29, 1.82) is 0 Å². The van der Waals surface area contributed by atoms with Crippen LogP contribution >= 0.6 is 0 Å². The third-order valence-corrected chi connectivity index (χ3v) is 12.4. The normalized spacial score (nSPS) is 45.9. The van der Waals surface area contributed by atoms with Gasteiger partial charge in [0.1, 0.15) is 11.6 Å². The van der Waals surface area contributed by atoms with Gasteiger partial charge >= 0.3 is 5.97 Å². The van der Waals surface area contributed by atoms with E-state index >= 15 is 0 Å². The second kappa shape index (κ2) is 8.26. The summed E-state index contributed by atoms with van der Waals surface area (Å²) in [7, 11) is 0. The summed E-state index contributed by atoms with van der Waals surface area (Å²) in [6.45, 7) is 14.6. The fourth-order valence-corrected chi connectivity index (χ4v) is 9.74. The van der Waals surface area contributed by atoms with Crippen LogP contribution in [0.3, 0.4) is 0 Å². The van der Waals surface area contributed by atoms with Gasteiger partial charge in [-0.2, -0.15) is 0 Å². The SMILES string of the molecule is C/C(=C/CC[C@@H](C)[C@@H]1CC[C@]2(C)C(=O)C3(CC[C@@]12C)[C@@H](O)C[C@H]1C(C)(C)C(=O)CC[C@@]13C)C(=O)O. The molecule has 4 rings (SSSR count). The number of aliphatic carboxylic acids is 1. The number of rotatable bonds is 5. The number of Topliss-reactive ketones (excluding diaryl/α,β-unsaturated/α-hetero) is 2. The lowest BCUT2D eigenvalue weighted by Crippen LogP contribution is -2.64. The van der Waals surface area contributed by atoms with Crippen LogP contribution in [0.1, 0.15) is 106 Å². The van der Waals surface area contributed by atoms with Crippen molar-refractivity contribution in [1.82, 2.24) is 0 Å². The van der Waals surface area contributed by atoms with E-state index in [0.29, 0.717) is 43.1 Å². The Bertz CT molecular complexity index is 964. The molecule has 0 saturated heterocycles. The zero-order valence-electron chi connectivity index (χ0n) is 22.9. The highest BCUT2D eigenvalue weighted by Gasteiger charge is 2.76. The molecule has 0 radical (unpaired) electrons. The summed E-state index contributed by atoms with van der Waals surface area (Å²) >= 11 is 0. The van der Waals surface area contributed by atoms with Gasteiger partial charge in [0.05, 0.1) is 11.5 Å². The van der Waals surface area contributed by atoms with Crippen LogP contribution in [0.2, 0.25) is 0 Å². The van der Waals surface area contributed by atoms with E-state index in [2.05, 4.69) is 27.7 Å². The summed E-state index contributed by atoms with van der Waals surface area (Å²) in [5.74, 6) is 0.492. The van der Waals surface area contributed by atoms with E-state index in [4.69, 9.17) is 5.11 Å². The number of aliphatic hydroxyl groups is 1. The molecule has 5 heteroatoms. The van der Waals surface area contributed by atoms with Crippen LogP contribution in [0.5, 0.6) is 0 Å². The molecule has 0 bridgehead atoms. The quantitative estimate of drug-likeness (QED) is 0.466. The standard InChI is InChI=1S/C30H46O5/c1-18(9-8-10-19(2)24(33)34)20-11-13-29(7)25(35)30(16-15-27(20,29)5)23(32)17-21-26(3,4)22(31)12-14-28(21,30)6/h10,18,20-21,23,32H,8-9,11-17H2,1-7H3,(H,33,34)/b19-10-/t18-,20+,21+,23+,27+,28+,29-,30?/m1/s1. The summed E-state index contributed by atoms with van der Waals surface area (Å²) in [6.07, 6.45) is 8.00. The first-order valence-electron chi connectivity index (χ1n) is 13.8. The van der Waals surface area contributed by atoms with Crippen LogP contribution in [0.4, 0.5) is 0 Å². The molecule has 8 atom stereocenters. The molecule has 4 saturated carbocycles. The Hall–Kier alpha value is -1.49. The molecule has 4 fully saturated rings. The Morgan fingerprint density at radius 2 is 1.71 bits per heavy atom. The van der Waals surface area contributed by atoms with E-state index in [1.54, 1.807) is 6.92 Å². The molecule has 35 heavy (non-hydrogen) atoms. The maximum absolute atomic E-state index is 14.7. The van der Waals surface area contributed by atoms with Gasteiger partial charge in [0, 0.05) is 22.8 Å². The number of carbonyl (C=O) groups excluding carboxylic acids is 2. The van der Waals surface area contributed by atoms with Crippen LogP contribution in [-0.2, 0) is 14.4 Å². The molecule has 0 aromatic carbocycles. The first kappa shape index (κ1) is 26.6. The number of allylic oxidation sites excluding steroid dienone is 1. The van der Waals surface area contributed by atoms with E-state index in [1.165, 1.54) is 0 Å². The third-order valence-electron chi connectivity index (χ3n) is 12.4. The van der Waals surface area contributed by atoms with Gasteiger partial charge in [-0.1, -0.05) is 47.6 Å². The number of carboxylic acid groups (broad SMARTS) is 1. The lowest BCUT2D eigenvalue weighted by molar-refractivity contribution is -0.182. The van der Waals surface area contributed by atoms with Crippen LogP contribution in [-0.4, -0.2) is 33.9 Å². The lowest BCUT2D eigenvalue weighted by atomic mass is 9.41. The molecule has 1 spiro atoms. The number of carboxylic acids is 1. The molecule has 4 aliphatic carbocycles. The molecule has 0 aliphatic heterocycles. The summed E-state index contributed by atoms with van der Waals surface area (Å²) in [6, 6.07) is 0. The Labute approximate surface area is 211 Å². The number of carbonyl (C=O) groups is 3. The molecule has 0 aromatic rings. The minimum Gasteiger partial charge on any atom is -0.478 e. The van der Waals surface area contributed by atoms with Crippen molar-refractivity contribution in [2.45, 2.75) is 112 Å². The topological polar surface area (TPSA) is 91.7 Å². The van der Waals surface area contributed by atoms with E-state index in [1.807, 2.05) is 19.9 Å². The van der Waals surface area contributed by atoms with Gasteiger partial charge in [0.15, 0.2) is 0 Å². The van der Waals surface area contributed by atoms with Crippen LogP contribution in [0, 0.1) is 44.8 Å². The van der Waals surface area contributed by atoms with Gasteiger partial charge in [-0.05, 0) is 86.9 Å². The van der Waals surface area contributed by atoms with Crippen molar-refractivity contribution in [3.8, 4) is 0 Å². The van der Waals surface area contributed by atoms with E-state index < -0.39 is 28.3 Å². The van der Waals surface area contributed by atoms with Gasteiger partial charge in [-0.25, -0.2) is 4.79 Å². The number of fused-ring (bicyclic) bond motifs is 3. The lowest BCUT2D eigenvalue weighted by Gasteiger charge is -2.61. The molecular weight excluding hydrogens is 440 g/mol. The van der Waals surface area contributed by atoms with Crippen LogP contribution < -0.4 is 0 Å². The number of hydrogen-bond donors (Lipinski definition) is 2. The van der Waals surface area contributed by atoms with Crippen molar-refractivity contribution in [2.75, 3.05) is 0 Å². The highest BCUT2D eigenvalue weighted by Crippen LogP contribution is 2.75. The summed E-state index contributed by atoms with van der Waals surface area (Å²) in [5, 5.41) is 20.8. The van der Waals surface area contributed by atoms with E-state index in [-0.39, 0.29) is 28.3 Å². The van der Waals surface area contributed by atoms with Crippen molar-refractivity contribution in [3.63, 3.8) is 0 Å². The summed E-state index contributed by atoms with van der Waals surface area (Å²) in [5.41, 5.74) is -1.84. The largest absolute Gasteiger partial charge is 0.478 e. The molecule has 4 aliphatic rings. The maximum atomic E-state index is 14.7. The fraction of sp³-hybridized carbons (Fsp3) is 0.833. The fourth-order valence-electron chi connectivity index (χ4n) is 9.74. The molecule has 2 N–H and O–H groups in total. The maximum Gasteiger partial charge on any atom is 0.330 e. The Morgan fingerprint density at radius 3 is 2.34 bits per heavy atom. The van der Waals surface area contributed by atoms with Gasteiger partial charge in [-0.3, -0.25) is 9.59 Å². The first-order valence-corrected chi connectivity index (χ1v) is 13.8. The Morgan fingerprint density at radius 1 is 1.06 bits per heavy atom. The highest BCUT2D eigenvalue weighted by molar-refractivity contribution is 5.95. The molecular formula is C30H46O5. The average molecular weight is 487 g/mol. The smallest absolute Gasteiger partial charge is 0.330 e. The average Bonchev–Trinajstić information content (AvgIpc) is 3.19. The zero-order chi connectivity index (χ0) is 26.2. The molecule has 5 nitrogen and oxygen atoms in total. The zero-order valence-corrected chi connectivity index (χ0v) is 22.9. The van der Waals surface area contributed by atoms with Crippen molar-refractivity contribution in [2.24, 2.45) is 44.8 Å². The molecule has 196 valence electrons. The Kier molecular flexibility index (Phi) is 6.27. The number of aliphatic hydroxyl groups excluding tert-OH is 1. The first-order chi connectivity index (χ1) is 16.1. The summed E-state index contributed by atoms with van der Waals surface area (Å²) in [4.78, 5) is 38.7. The van der Waals surface area contributed by atoms with Gasteiger partial charge in [0.25, 0.3) is 0 Å². The second-order valence-corrected chi connectivity index (χ2v) is 13.8. The Balaban J connectivity index is 1.63. The van der Waals surface area contributed by atoms with Crippen LogP contribution in [0.15, 0.2) is 11.6 Å². The van der Waals surface area contributed by atoms with Crippen LogP contribution in [0.25, 0.3) is 0 Å². The second-order valence-electron chi connectivity index (χ2n) is 13.8. The van der Waals surface area contributed by atoms with Crippen molar-refractivity contribution < 1.29 is 24.6 Å². The van der Waals surface area contributed by atoms with Gasteiger partial charge < -0.3 is 10.2 Å². The molecule has 0 heterocycles. The predicted octanol–water partition coefficient (Wildman–Crippen LogP) is 5.98. The third kappa shape index (κ3) is 3.32. The van der Waals surface area contributed by atoms with Gasteiger partial charge in [-0.15, -0.1) is 0 Å². The molecule has 0 aromatic heterocycles. The number of ketones is 2. The van der Waals surface area contributed by atoms with Gasteiger partial charge in [0.2, 0.25) is 0 Å². The number of hydrogen-bond acceptors (Lipinski definition) is 4. The van der Waals surface area contributed by atoms with Crippen molar-refractivity contribution >= 4 is 17.5 Å². The molecule has 0 amide bonds. The summed E-state index contributed by atoms with van der Waals surface area (Å²) < 4.78 is 0. The highest BCUT2D eigenvalue weighted by atomic mass is 16.4. The molecule has 1 unspecified atom stereocenters.